The molecule has 5 nitrogen and oxygen atoms in total. The highest BCUT2D eigenvalue weighted by molar-refractivity contribution is 6.36. The van der Waals surface area contributed by atoms with Gasteiger partial charge in [0.2, 0.25) is 0 Å². The van der Waals surface area contributed by atoms with Crippen molar-refractivity contribution in [2.45, 2.75) is 25.7 Å². The zero-order valence-corrected chi connectivity index (χ0v) is 17.6. The molecule has 0 atom stereocenters. The molecule has 1 aliphatic rings. The highest BCUT2D eigenvalue weighted by atomic mass is 35.5. The van der Waals surface area contributed by atoms with Crippen LogP contribution in [0.4, 0.5) is 11.4 Å². The summed E-state index contributed by atoms with van der Waals surface area (Å²) in [6, 6.07) is 12.0. The minimum Gasteiger partial charge on any atom is -0.497 e. The fraction of sp³-hybridized carbons (Fsp3) is 0.348. The van der Waals surface area contributed by atoms with Gasteiger partial charge in [0, 0.05) is 53.7 Å². The largest absolute Gasteiger partial charge is 0.497 e. The van der Waals surface area contributed by atoms with Gasteiger partial charge in [0.25, 0.3) is 0 Å². The van der Waals surface area contributed by atoms with Gasteiger partial charge in [-0.05, 0) is 49.4 Å². The van der Waals surface area contributed by atoms with E-state index in [-0.39, 0.29) is 0 Å². The Balaban J connectivity index is 1.41. The summed E-state index contributed by atoms with van der Waals surface area (Å²) in [5.74, 6) is 1.53. The summed E-state index contributed by atoms with van der Waals surface area (Å²) < 4.78 is 10.6. The molecule has 1 aliphatic carbocycles. The summed E-state index contributed by atoms with van der Waals surface area (Å²) in [7, 11) is 3.30. The molecule has 2 N–H and O–H groups in total. The Labute approximate surface area is 176 Å². The van der Waals surface area contributed by atoms with E-state index in [1.54, 1.807) is 14.2 Å². The molecule has 152 valence electrons. The number of aryl methyl sites for hydroxylation is 1. The highest BCUT2D eigenvalue weighted by Gasteiger charge is 2.17. The first-order chi connectivity index (χ1) is 14.2. The number of hydrogen-bond acceptors (Lipinski definition) is 5. The van der Waals surface area contributed by atoms with Gasteiger partial charge in [0.05, 0.1) is 24.8 Å². The Morgan fingerprint density at radius 2 is 1.59 bits per heavy atom. The minimum atomic E-state index is 0.757. The lowest BCUT2D eigenvalue weighted by molar-refractivity contribution is 0.394. The lowest BCUT2D eigenvalue weighted by Crippen LogP contribution is -2.14. The van der Waals surface area contributed by atoms with Crippen LogP contribution in [0.1, 0.15) is 24.1 Å². The number of aromatic nitrogens is 1. The Bertz CT molecular complexity index is 1000. The van der Waals surface area contributed by atoms with Crippen molar-refractivity contribution in [2.75, 3.05) is 37.9 Å². The van der Waals surface area contributed by atoms with Gasteiger partial charge in [-0.3, -0.25) is 4.98 Å². The zero-order chi connectivity index (χ0) is 20.2. The molecule has 0 unspecified atom stereocenters. The summed E-state index contributed by atoms with van der Waals surface area (Å²) in [5, 5.41) is 8.77. The second-order valence-electron chi connectivity index (χ2n) is 7.24. The number of nitrogens with zero attached hydrogens (tertiary/aromatic N) is 1. The van der Waals surface area contributed by atoms with E-state index in [1.807, 2.05) is 18.2 Å². The van der Waals surface area contributed by atoms with Gasteiger partial charge in [-0.25, -0.2) is 0 Å². The van der Waals surface area contributed by atoms with Gasteiger partial charge in [0.1, 0.15) is 11.5 Å². The van der Waals surface area contributed by atoms with Crippen molar-refractivity contribution >= 4 is 33.9 Å². The van der Waals surface area contributed by atoms with Gasteiger partial charge in [-0.1, -0.05) is 11.6 Å². The third kappa shape index (κ3) is 4.35. The monoisotopic (exact) mass is 411 g/mol. The van der Waals surface area contributed by atoms with Crippen molar-refractivity contribution in [1.29, 1.82) is 0 Å². The summed E-state index contributed by atoms with van der Waals surface area (Å²) in [6.45, 7) is 1.52. The molecule has 6 heteroatoms. The first-order valence-electron chi connectivity index (χ1n) is 10.00. The summed E-state index contributed by atoms with van der Waals surface area (Å²) in [5.41, 5.74) is 5.37. The van der Waals surface area contributed by atoms with E-state index in [0.29, 0.717) is 0 Å². The summed E-state index contributed by atoms with van der Waals surface area (Å²) >= 11 is 6.67. The van der Waals surface area contributed by atoms with Crippen LogP contribution in [-0.4, -0.2) is 32.3 Å². The lowest BCUT2D eigenvalue weighted by atomic mass is 9.94. The van der Waals surface area contributed by atoms with Crippen LogP contribution in [-0.2, 0) is 12.8 Å². The average molecular weight is 412 g/mol. The van der Waals surface area contributed by atoms with Gasteiger partial charge in [-0.2, -0.15) is 0 Å². The van der Waals surface area contributed by atoms with Gasteiger partial charge >= 0.3 is 0 Å². The van der Waals surface area contributed by atoms with E-state index in [2.05, 4.69) is 28.8 Å². The van der Waals surface area contributed by atoms with E-state index < -0.39 is 0 Å². The molecule has 2 aromatic carbocycles. The standard InChI is InChI=1S/C23H26ClN3O2/c1-28-17-11-16(12-18(14-17)29-2)26-10-9-25-15-7-8-20-22(13-15)27-21-6-4-3-5-19(21)23(20)24/h7-8,11-14,25-26H,3-6,9-10H2,1-2H3. The Hall–Kier alpha value is -2.66. The SMILES string of the molecule is COc1cc(NCCNc2ccc3c(Cl)c4c(nc3c2)CCCC4)cc(OC)c1. The molecule has 0 fully saturated rings. The molecule has 0 saturated carbocycles. The van der Waals surface area contributed by atoms with E-state index >= 15 is 0 Å². The molecule has 1 heterocycles. The normalized spacial score (nSPS) is 13.1. The number of rotatable bonds is 7. The minimum absolute atomic E-state index is 0.757. The van der Waals surface area contributed by atoms with E-state index in [4.69, 9.17) is 26.1 Å². The highest BCUT2D eigenvalue weighted by Crippen LogP contribution is 2.33. The molecule has 29 heavy (non-hydrogen) atoms. The number of nitrogens with one attached hydrogen (secondary N) is 2. The number of pyridine rings is 1. The lowest BCUT2D eigenvalue weighted by Gasteiger charge is -2.18. The molecular formula is C23H26ClN3O2. The van der Waals surface area contributed by atoms with Crippen molar-refractivity contribution in [3.63, 3.8) is 0 Å². The quantitative estimate of drug-likeness (QED) is 0.516. The van der Waals surface area contributed by atoms with Crippen molar-refractivity contribution in [1.82, 2.24) is 4.98 Å². The number of hydrogen-bond donors (Lipinski definition) is 2. The predicted molar refractivity (Wildman–Crippen MR) is 120 cm³/mol. The number of fused-ring (bicyclic) bond motifs is 2. The van der Waals surface area contributed by atoms with Crippen molar-refractivity contribution in [2.24, 2.45) is 0 Å². The fourth-order valence-electron chi connectivity index (χ4n) is 3.80. The molecule has 1 aromatic heterocycles. The molecule has 0 bridgehead atoms. The molecule has 0 aliphatic heterocycles. The molecule has 4 rings (SSSR count). The van der Waals surface area contributed by atoms with Crippen LogP contribution in [0.2, 0.25) is 5.02 Å². The Morgan fingerprint density at radius 1 is 0.897 bits per heavy atom. The molecule has 0 saturated heterocycles. The van der Waals surface area contributed by atoms with Gasteiger partial charge in [-0.15, -0.1) is 0 Å². The third-order valence-corrected chi connectivity index (χ3v) is 5.76. The third-order valence-electron chi connectivity index (χ3n) is 5.33. The Kier molecular flexibility index (Phi) is 5.95. The number of ether oxygens (including phenoxy) is 2. The number of halogens is 1. The topological polar surface area (TPSA) is 55.4 Å². The number of methoxy groups -OCH3 is 2. The van der Waals surface area contributed by atoms with Crippen LogP contribution >= 0.6 is 11.6 Å². The maximum absolute atomic E-state index is 6.67. The first kappa shape index (κ1) is 19.6. The van der Waals surface area contributed by atoms with Crippen LogP contribution in [0.25, 0.3) is 10.9 Å². The zero-order valence-electron chi connectivity index (χ0n) is 16.8. The van der Waals surface area contributed by atoms with Gasteiger partial charge < -0.3 is 20.1 Å². The van der Waals surface area contributed by atoms with Crippen molar-refractivity contribution < 1.29 is 9.47 Å². The fourth-order valence-corrected chi connectivity index (χ4v) is 4.16. The van der Waals surface area contributed by atoms with Crippen LogP contribution in [0.5, 0.6) is 11.5 Å². The summed E-state index contributed by atoms with van der Waals surface area (Å²) in [4.78, 5) is 4.88. The number of anilines is 2. The number of benzene rings is 2. The van der Waals surface area contributed by atoms with Crippen molar-refractivity contribution in [3.8, 4) is 11.5 Å². The molecule has 0 spiro atoms. The predicted octanol–water partition coefficient (Wildman–Crippen LogP) is 5.31. The molecule has 0 radical (unpaired) electrons. The second-order valence-corrected chi connectivity index (χ2v) is 7.62. The maximum Gasteiger partial charge on any atom is 0.124 e. The van der Waals surface area contributed by atoms with E-state index in [1.165, 1.54) is 24.1 Å². The van der Waals surface area contributed by atoms with Crippen molar-refractivity contribution in [3.05, 3.63) is 52.7 Å². The van der Waals surface area contributed by atoms with Gasteiger partial charge in [0.15, 0.2) is 0 Å². The maximum atomic E-state index is 6.67. The Morgan fingerprint density at radius 3 is 2.31 bits per heavy atom. The average Bonchev–Trinajstić information content (AvgIpc) is 2.76. The summed E-state index contributed by atoms with van der Waals surface area (Å²) in [6.07, 6.45) is 4.46. The molecule has 3 aromatic rings. The van der Waals surface area contributed by atoms with Crippen LogP contribution < -0.4 is 20.1 Å². The smallest absolute Gasteiger partial charge is 0.124 e. The van der Waals surface area contributed by atoms with Crippen LogP contribution in [0, 0.1) is 0 Å². The van der Waals surface area contributed by atoms with E-state index in [0.717, 1.165) is 64.7 Å². The first-order valence-corrected chi connectivity index (χ1v) is 10.4. The molecular weight excluding hydrogens is 386 g/mol. The van der Waals surface area contributed by atoms with Crippen LogP contribution in [0.15, 0.2) is 36.4 Å². The second kappa shape index (κ2) is 8.78. The van der Waals surface area contributed by atoms with Crippen LogP contribution in [0.3, 0.4) is 0 Å². The van der Waals surface area contributed by atoms with E-state index in [9.17, 15) is 0 Å². The molecule has 0 amide bonds.